The van der Waals surface area contributed by atoms with Gasteiger partial charge in [-0.15, -0.1) is 0 Å². The highest BCUT2D eigenvalue weighted by molar-refractivity contribution is 5.87. The lowest BCUT2D eigenvalue weighted by atomic mass is 9.75. The summed E-state index contributed by atoms with van der Waals surface area (Å²) in [6, 6.07) is 3.78. The van der Waals surface area contributed by atoms with Crippen LogP contribution in [-0.2, 0) is 14.3 Å². The van der Waals surface area contributed by atoms with E-state index in [0.29, 0.717) is 13.1 Å². The summed E-state index contributed by atoms with van der Waals surface area (Å²) in [4.78, 5) is 28.2. The highest BCUT2D eigenvalue weighted by Gasteiger charge is 2.52. The molecule has 6 heteroatoms. The normalized spacial score (nSPS) is 22.6. The second-order valence-corrected chi connectivity index (χ2v) is 6.32. The first-order valence-corrected chi connectivity index (χ1v) is 8.33. The summed E-state index contributed by atoms with van der Waals surface area (Å²) in [5.41, 5.74) is 0.376. The third kappa shape index (κ3) is 3.63. The van der Waals surface area contributed by atoms with Crippen LogP contribution in [0.25, 0.3) is 0 Å². The molecule has 2 fully saturated rings. The minimum absolute atomic E-state index is 0.0641. The minimum Gasteiger partial charge on any atom is -0.458 e. The van der Waals surface area contributed by atoms with Crippen molar-refractivity contribution in [3.8, 4) is 0 Å². The van der Waals surface area contributed by atoms with Gasteiger partial charge in [0.15, 0.2) is 0 Å². The fourth-order valence-electron chi connectivity index (χ4n) is 3.61. The van der Waals surface area contributed by atoms with Crippen molar-refractivity contribution < 1.29 is 14.3 Å². The van der Waals surface area contributed by atoms with Gasteiger partial charge in [0.05, 0.1) is 18.0 Å². The Labute approximate surface area is 136 Å². The number of nitrogens with zero attached hydrogens (tertiary/aromatic N) is 1. The number of pyridine rings is 1. The third-order valence-electron chi connectivity index (χ3n) is 4.75. The van der Waals surface area contributed by atoms with Crippen LogP contribution in [0.2, 0.25) is 0 Å². The van der Waals surface area contributed by atoms with Crippen LogP contribution in [-0.4, -0.2) is 35.6 Å². The van der Waals surface area contributed by atoms with E-state index in [1.165, 1.54) is 0 Å². The van der Waals surface area contributed by atoms with Gasteiger partial charge >= 0.3 is 5.97 Å². The van der Waals surface area contributed by atoms with Gasteiger partial charge in [-0.25, -0.2) is 0 Å². The van der Waals surface area contributed by atoms with Gasteiger partial charge in [0.25, 0.3) is 0 Å². The first-order valence-electron chi connectivity index (χ1n) is 8.33. The molecule has 0 radical (unpaired) electrons. The van der Waals surface area contributed by atoms with Crippen molar-refractivity contribution in [3.63, 3.8) is 0 Å². The second-order valence-electron chi connectivity index (χ2n) is 6.32. The molecular formula is C17H23N3O3. The molecule has 0 aromatic carbocycles. The largest absolute Gasteiger partial charge is 0.458 e. The Morgan fingerprint density at radius 2 is 2.13 bits per heavy atom. The van der Waals surface area contributed by atoms with E-state index in [4.69, 9.17) is 4.74 Å². The number of carbonyl (C=O) groups is 2. The number of carbonyl (C=O) groups excluding carboxylic acids is 2. The summed E-state index contributed by atoms with van der Waals surface area (Å²) >= 11 is 0. The summed E-state index contributed by atoms with van der Waals surface area (Å²) < 4.78 is 5.58. The van der Waals surface area contributed by atoms with Gasteiger partial charge < -0.3 is 15.4 Å². The maximum Gasteiger partial charge on any atom is 0.307 e. The zero-order chi connectivity index (χ0) is 16.1. The molecule has 6 nitrogen and oxygen atoms in total. The van der Waals surface area contributed by atoms with Crippen molar-refractivity contribution >= 4 is 17.6 Å². The van der Waals surface area contributed by atoms with E-state index in [2.05, 4.69) is 15.6 Å². The van der Waals surface area contributed by atoms with Crippen LogP contribution in [0.15, 0.2) is 24.5 Å². The van der Waals surface area contributed by atoms with Crippen LogP contribution in [0, 0.1) is 5.92 Å². The monoisotopic (exact) mass is 317 g/mol. The van der Waals surface area contributed by atoms with Crippen molar-refractivity contribution in [2.75, 3.05) is 18.4 Å². The van der Waals surface area contributed by atoms with Crippen molar-refractivity contribution in [2.24, 2.45) is 5.92 Å². The molecule has 1 saturated heterocycles. The van der Waals surface area contributed by atoms with Crippen LogP contribution in [0.4, 0.5) is 5.69 Å². The number of ether oxygens (including phenoxy) is 1. The molecule has 1 aromatic rings. The van der Waals surface area contributed by atoms with E-state index < -0.39 is 5.60 Å². The summed E-state index contributed by atoms with van der Waals surface area (Å²) in [6.45, 7) is 1.13. The van der Waals surface area contributed by atoms with Gasteiger partial charge in [-0.3, -0.25) is 14.6 Å². The number of esters is 1. The number of hydrogen-bond acceptors (Lipinski definition) is 5. The molecule has 1 aliphatic carbocycles. The molecular weight excluding hydrogens is 294 g/mol. The number of rotatable bonds is 5. The Hall–Kier alpha value is -2.11. The second kappa shape index (κ2) is 6.98. The SMILES string of the molecule is O=C1CC(C(=O)NCCNc2cccnc2)C2(CCCCC2)O1. The average Bonchev–Trinajstić information content (AvgIpc) is 2.89. The van der Waals surface area contributed by atoms with Gasteiger partial charge in [-0.05, 0) is 37.8 Å². The number of anilines is 1. The Balaban J connectivity index is 1.50. The molecule has 1 aliphatic heterocycles. The van der Waals surface area contributed by atoms with Gasteiger partial charge in [0, 0.05) is 25.5 Å². The van der Waals surface area contributed by atoms with Crippen molar-refractivity contribution in [3.05, 3.63) is 24.5 Å². The van der Waals surface area contributed by atoms with Crippen LogP contribution in [0.3, 0.4) is 0 Å². The summed E-state index contributed by atoms with van der Waals surface area (Å²) in [5.74, 6) is -0.639. The first kappa shape index (κ1) is 15.8. The molecule has 124 valence electrons. The molecule has 1 atom stereocenters. The topological polar surface area (TPSA) is 80.3 Å². The Morgan fingerprint density at radius 3 is 2.87 bits per heavy atom. The quantitative estimate of drug-likeness (QED) is 0.640. The van der Waals surface area contributed by atoms with Gasteiger partial charge in [0.2, 0.25) is 5.91 Å². The summed E-state index contributed by atoms with van der Waals surface area (Å²) in [6.07, 6.45) is 8.50. The molecule has 1 amide bonds. The number of amides is 1. The van der Waals surface area contributed by atoms with E-state index >= 15 is 0 Å². The fourth-order valence-corrected chi connectivity index (χ4v) is 3.61. The highest BCUT2D eigenvalue weighted by Crippen LogP contribution is 2.44. The number of hydrogen-bond donors (Lipinski definition) is 2. The van der Waals surface area contributed by atoms with E-state index in [9.17, 15) is 9.59 Å². The number of aromatic nitrogens is 1. The molecule has 1 aromatic heterocycles. The van der Waals surface area contributed by atoms with Gasteiger partial charge in [0.1, 0.15) is 5.60 Å². The highest BCUT2D eigenvalue weighted by atomic mass is 16.6. The molecule has 2 heterocycles. The minimum atomic E-state index is -0.545. The molecule has 1 spiro atoms. The number of nitrogens with one attached hydrogen (secondary N) is 2. The lowest BCUT2D eigenvalue weighted by Crippen LogP contribution is -2.46. The van der Waals surface area contributed by atoms with Crippen molar-refractivity contribution in [2.45, 2.75) is 44.1 Å². The molecule has 1 unspecified atom stereocenters. The summed E-state index contributed by atoms with van der Waals surface area (Å²) in [5, 5.41) is 6.13. The molecule has 0 bridgehead atoms. The van der Waals surface area contributed by atoms with Crippen molar-refractivity contribution in [1.29, 1.82) is 0 Å². The Morgan fingerprint density at radius 1 is 1.30 bits per heavy atom. The van der Waals surface area contributed by atoms with Crippen LogP contribution < -0.4 is 10.6 Å². The molecule has 3 rings (SSSR count). The molecule has 2 N–H and O–H groups in total. The summed E-state index contributed by atoms with van der Waals surface area (Å²) in [7, 11) is 0. The Bertz CT molecular complexity index is 555. The lowest BCUT2D eigenvalue weighted by molar-refractivity contribution is -0.153. The third-order valence-corrected chi connectivity index (χ3v) is 4.75. The predicted octanol–water partition coefficient (Wildman–Crippen LogP) is 1.88. The van der Waals surface area contributed by atoms with E-state index in [1.54, 1.807) is 12.4 Å². The maximum atomic E-state index is 12.5. The fraction of sp³-hybridized carbons (Fsp3) is 0.588. The lowest BCUT2D eigenvalue weighted by Gasteiger charge is -2.36. The standard InChI is InChI=1S/C17H23N3O3/c21-15-11-14(17(23-15)6-2-1-3-7-17)16(22)20-10-9-19-13-5-4-8-18-12-13/h4-5,8,12,14,19H,1-3,6-7,9-11H2,(H,20,22). The van der Waals surface area contributed by atoms with Crippen LogP contribution >= 0.6 is 0 Å². The average molecular weight is 317 g/mol. The molecule has 23 heavy (non-hydrogen) atoms. The zero-order valence-electron chi connectivity index (χ0n) is 13.2. The predicted molar refractivity (Wildman–Crippen MR) is 85.8 cm³/mol. The molecule has 1 saturated carbocycles. The Kier molecular flexibility index (Phi) is 4.79. The van der Waals surface area contributed by atoms with Crippen LogP contribution in [0.1, 0.15) is 38.5 Å². The van der Waals surface area contributed by atoms with E-state index in [1.807, 2.05) is 12.1 Å². The first-order chi connectivity index (χ1) is 11.2. The van der Waals surface area contributed by atoms with Gasteiger partial charge in [-0.2, -0.15) is 0 Å². The van der Waals surface area contributed by atoms with Gasteiger partial charge in [-0.1, -0.05) is 6.42 Å². The molecule has 2 aliphatic rings. The van der Waals surface area contributed by atoms with Crippen molar-refractivity contribution in [1.82, 2.24) is 10.3 Å². The zero-order valence-corrected chi connectivity index (χ0v) is 13.2. The maximum absolute atomic E-state index is 12.5. The van der Waals surface area contributed by atoms with Crippen LogP contribution in [0.5, 0.6) is 0 Å². The van der Waals surface area contributed by atoms with E-state index in [0.717, 1.165) is 37.8 Å². The van der Waals surface area contributed by atoms with E-state index in [-0.39, 0.29) is 24.2 Å². The smallest absolute Gasteiger partial charge is 0.307 e.